The number of hydrogen-bond acceptors (Lipinski definition) is 3. The van der Waals surface area contributed by atoms with Crippen LogP contribution in [-0.2, 0) is 17.6 Å². The summed E-state index contributed by atoms with van der Waals surface area (Å²) in [4.78, 5) is 27.3. The van der Waals surface area contributed by atoms with Crippen LogP contribution in [0.1, 0.15) is 36.5 Å². The minimum Gasteiger partial charge on any atom is -0.489 e. The van der Waals surface area contributed by atoms with Gasteiger partial charge in [0.25, 0.3) is 5.91 Å². The fraction of sp³-hybridized carbons (Fsp3) is 0.364. The molecule has 1 aliphatic rings. The van der Waals surface area contributed by atoms with Crippen LogP contribution in [0.2, 0.25) is 0 Å². The lowest BCUT2D eigenvalue weighted by molar-refractivity contribution is -0.138. The Morgan fingerprint density at radius 3 is 2.40 bits per heavy atom. The van der Waals surface area contributed by atoms with E-state index in [9.17, 15) is 22.8 Å². The van der Waals surface area contributed by atoms with E-state index < -0.39 is 11.7 Å². The number of imide groups is 1. The van der Waals surface area contributed by atoms with Gasteiger partial charge in [-0.1, -0.05) is 25.5 Å². The number of urea groups is 1. The second-order valence-electron chi connectivity index (χ2n) is 7.17. The van der Waals surface area contributed by atoms with E-state index >= 15 is 0 Å². The summed E-state index contributed by atoms with van der Waals surface area (Å²) in [7, 11) is 0. The molecule has 0 aliphatic carbocycles. The van der Waals surface area contributed by atoms with Crippen molar-refractivity contribution < 1.29 is 27.5 Å². The summed E-state index contributed by atoms with van der Waals surface area (Å²) in [5, 5.41) is 0. The summed E-state index contributed by atoms with van der Waals surface area (Å²) in [6.45, 7) is 3.94. The maximum absolute atomic E-state index is 13.2. The van der Waals surface area contributed by atoms with Gasteiger partial charge in [0.05, 0.1) is 11.3 Å². The third-order valence-corrected chi connectivity index (χ3v) is 5.01. The third-order valence-electron chi connectivity index (χ3n) is 5.01. The molecule has 0 N–H and O–H groups in total. The number of halogens is 3. The number of alkyl halides is 3. The fourth-order valence-corrected chi connectivity index (χ4v) is 3.33. The highest BCUT2D eigenvalue weighted by Gasteiger charge is 2.36. The molecule has 8 heteroatoms. The second kappa shape index (κ2) is 8.77. The van der Waals surface area contributed by atoms with Crippen LogP contribution in [-0.4, -0.2) is 29.9 Å². The molecule has 0 spiro atoms. The summed E-state index contributed by atoms with van der Waals surface area (Å²) in [6, 6.07) is 9.82. The van der Waals surface area contributed by atoms with Crippen LogP contribution in [0.15, 0.2) is 42.5 Å². The number of amides is 3. The van der Waals surface area contributed by atoms with Crippen LogP contribution >= 0.6 is 0 Å². The molecule has 2 aromatic carbocycles. The lowest BCUT2D eigenvalue weighted by Gasteiger charge is -2.18. The van der Waals surface area contributed by atoms with Gasteiger partial charge in [0.1, 0.15) is 18.9 Å². The van der Waals surface area contributed by atoms with Crippen LogP contribution in [0.3, 0.4) is 0 Å². The van der Waals surface area contributed by atoms with Crippen molar-refractivity contribution in [3.63, 3.8) is 0 Å². The molecule has 2 aromatic rings. The second-order valence-corrected chi connectivity index (χ2v) is 7.17. The summed E-state index contributed by atoms with van der Waals surface area (Å²) < 4.78 is 45.3. The van der Waals surface area contributed by atoms with E-state index in [0.717, 1.165) is 23.8 Å². The number of unbranched alkanes of at least 4 members (excludes halogenated alkanes) is 1. The van der Waals surface area contributed by atoms with Crippen molar-refractivity contribution in [2.75, 3.05) is 18.0 Å². The molecule has 1 fully saturated rings. The number of carbonyl (C=O) groups is 2. The van der Waals surface area contributed by atoms with Gasteiger partial charge in [-0.2, -0.15) is 13.2 Å². The number of carbonyl (C=O) groups excluding carboxylic acids is 2. The SMILES string of the molecule is CCCCN1CC(=O)N(c2ccc(OCc3c(C)cccc3C(F)(F)F)cc2)C1=O. The maximum atomic E-state index is 13.2. The Morgan fingerprint density at radius 1 is 1.07 bits per heavy atom. The Hall–Kier alpha value is -3.03. The molecular formula is C22H23F3N2O3. The molecule has 1 aliphatic heterocycles. The van der Waals surface area contributed by atoms with Crippen molar-refractivity contribution in [3.8, 4) is 5.75 Å². The molecule has 5 nitrogen and oxygen atoms in total. The van der Waals surface area contributed by atoms with Crippen LogP contribution in [0.25, 0.3) is 0 Å². The molecule has 0 atom stereocenters. The van der Waals surface area contributed by atoms with Gasteiger partial charge in [-0.25, -0.2) is 9.69 Å². The first-order valence-corrected chi connectivity index (χ1v) is 9.72. The molecule has 1 saturated heterocycles. The summed E-state index contributed by atoms with van der Waals surface area (Å²) >= 11 is 0. The third kappa shape index (κ3) is 4.58. The Balaban J connectivity index is 1.71. The van der Waals surface area contributed by atoms with Crippen molar-refractivity contribution in [2.45, 2.75) is 39.5 Å². The fourth-order valence-electron chi connectivity index (χ4n) is 3.33. The zero-order valence-corrected chi connectivity index (χ0v) is 16.8. The molecule has 0 unspecified atom stereocenters. The average molecular weight is 420 g/mol. The first kappa shape index (κ1) is 21.7. The van der Waals surface area contributed by atoms with E-state index in [1.54, 1.807) is 25.1 Å². The molecule has 30 heavy (non-hydrogen) atoms. The average Bonchev–Trinajstić information content (AvgIpc) is 2.98. The monoisotopic (exact) mass is 420 g/mol. The topological polar surface area (TPSA) is 49.9 Å². The number of rotatable bonds is 7. The van der Waals surface area contributed by atoms with Gasteiger partial charge in [0, 0.05) is 12.1 Å². The van der Waals surface area contributed by atoms with E-state index in [4.69, 9.17) is 4.74 Å². The molecule has 0 radical (unpaired) electrons. The Morgan fingerprint density at radius 2 is 1.77 bits per heavy atom. The highest BCUT2D eigenvalue weighted by molar-refractivity contribution is 6.19. The van der Waals surface area contributed by atoms with Crippen molar-refractivity contribution in [1.29, 1.82) is 0 Å². The van der Waals surface area contributed by atoms with Gasteiger partial charge >= 0.3 is 12.2 Å². The normalized spacial score (nSPS) is 14.6. The minimum absolute atomic E-state index is 0.0462. The van der Waals surface area contributed by atoms with E-state index in [2.05, 4.69) is 0 Å². The highest BCUT2D eigenvalue weighted by atomic mass is 19.4. The van der Waals surface area contributed by atoms with E-state index in [0.29, 0.717) is 23.5 Å². The van der Waals surface area contributed by atoms with E-state index in [1.165, 1.54) is 23.1 Å². The molecule has 3 rings (SSSR count). The molecule has 0 saturated carbocycles. The Kier molecular flexibility index (Phi) is 6.34. The van der Waals surface area contributed by atoms with Crippen LogP contribution in [0, 0.1) is 6.92 Å². The molecular weight excluding hydrogens is 397 g/mol. The van der Waals surface area contributed by atoms with Gasteiger partial charge in [-0.05, 0) is 49.2 Å². The molecule has 160 valence electrons. The van der Waals surface area contributed by atoms with Crippen LogP contribution in [0.4, 0.5) is 23.7 Å². The largest absolute Gasteiger partial charge is 0.489 e. The van der Waals surface area contributed by atoms with E-state index in [-0.39, 0.29) is 30.7 Å². The maximum Gasteiger partial charge on any atom is 0.416 e. The van der Waals surface area contributed by atoms with Crippen LogP contribution in [0.5, 0.6) is 5.75 Å². The van der Waals surface area contributed by atoms with Crippen molar-refractivity contribution in [1.82, 2.24) is 4.90 Å². The van der Waals surface area contributed by atoms with Gasteiger partial charge < -0.3 is 9.64 Å². The quantitative estimate of drug-likeness (QED) is 0.582. The van der Waals surface area contributed by atoms with Crippen LogP contribution < -0.4 is 9.64 Å². The predicted octanol–water partition coefficient (Wildman–Crippen LogP) is 5.16. The van der Waals surface area contributed by atoms with Crippen molar-refractivity contribution in [3.05, 3.63) is 59.2 Å². The zero-order valence-electron chi connectivity index (χ0n) is 16.8. The van der Waals surface area contributed by atoms with E-state index in [1.807, 2.05) is 6.92 Å². The highest BCUT2D eigenvalue weighted by Crippen LogP contribution is 2.34. The van der Waals surface area contributed by atoms with Gasteiger partial charge in [-0.3, -0.25) is 4.79 Å². The molecule has 1 heterocycles. The Labute approximate surface area is 173 Å². The standard InChI is InChI=1S/C22H23F3N2O3/c1-3-4-12-26-13-20(28)27(21(26)29)16-8-10-17(11-9-16)30-14-18-15(2)6-5-7-19(18)22(23,24)25/h5-11H,3-4,12-14H2,1-2H3. The first-order valence-electron chi connectivity index (χ1n) is 9.72. The van der Waals surface area contributed by atoms with Gasteiger partial charge in [0.2, 0.25) is 0 Å². The lowest BCUT2D eigenvalue weighted by Crippen LogP contribution is -2.33. The smallest absolute Gasteiger partial charge is 0.416 e. The van der Waals surface area contributed by atoms with Crippen molar-refractivity contribution >= 4 is 17.6 Å². The number of benzene rings is 2. The Bertz CT molecular complexity index is 926. The van der Waals surface area contributed by atoms with Crippen molar-refractivity contribution in [2.24, 2.45) is 0 Å². The number of nitrogens with zero attached hydrogens (tertiary/aromatic N) is 2. The summed E-state index contributed by atoms with van der Waals surface area (Å²) in [5.74, 6) is 0.0385. The lowest BCUT2D eigenvalue weighted by atomic mass is 10.0. The number of ether oxygens (including phenoxy) is 1. The van der Waals surface area contributed by atoms with Gasteiger partial charge in [0.15, 0.2) is 0 Å². The minimum atomic E-state index is -4.46. The first-order chi connectivity index (χ1) is 14.2. The predicted molar refractivity (Wildman–Crippen MR) is 106 cm³/mol. The molecule has 0 bridgehead atoms. The number of hydrogen-bond donors (Lipinski definition) is 0. The zero-order chi connectivity index (χ0) is 21.9. The summed E-state index contributed by atoms with van der Waals surface area (Å²) in [5.41, 5.74) is 0.246. The number of aryl methyl sites for hydroxylation is 1. The molecule has 3 amide bonds. The summed E-state index contributed by atoms with van der Waals surface area (Å²) in [6.07, 6.45) is -2.73. The molecule has 0 aromatic heterocycles. The van der Waals surface area contributed by atoms with Gasteiger partial charge in [-0.15, -0.1) is 0 Å². The number of anilines is 1.